The van der Waals surface area contributed by atoms with Crippen LogP contribution in [0, 0.1) is 11.3 Å². The predicted molar refractivity (Wildman–Crippen MR) is 87.1 cm³/mol. The van der Waals surface area contributed by atoms with Crippen molar-refractivity contribution >= 4 is 10.0 Å². The number of aromatic nitrogens is 1. The van der Waals surface area contributed by atoms with Crippen LogP contribution >= 0.6 is 0 Å². The molecular formula is C17H13N3O3S. The molecule has 0 spiro atoms. The van der Waals surface area contributed by atoms with E-state index in [2.05, 4.69) is 9.71 Å². The zero-order valence-electron chi connectivity index (χ0n) is 12.5. The Labute approximate surface area is 139 Å². The van der Waals surface area contributed by atoms with Gasteiger partial charge >= 0.3 is 0 Å². The van der Waals surface area contributed by atoms with Crippen molar-refractivity contribution in [3.8, 4) is 17.5 Å². The van der Waals surface area contributed by atoms with E-state index in [1.807, 2.05) is 6.07 Å². The first-order valence-corrected chi connectivity index (χ1v) is 8.55. The zero-order valence-corrected chi connectivity index (χ0v) is 13.3. The molecular weight excluding hydrogens is 326 g/mol. The minimum atomic E-state index is -3.65. The van der Waals surface area contributed by atoms with Crippen molar-refractivity contribution in [3.05, 3.63) is 72.1 Å². The second-order valence-corrected chi connectivity index (χ2v) is 6.75. The van der Waals surface area contributed by atoms with Gasteiger partial charge in [-0.3, -0.25) is 4.98 Å². The molecule has 2 heterocycles. The molecule has 0 saturated carbocycles. The molecule has 2 aromatic heterocycles. The number of sulfonamides is 1. The molecule has 24 heavy (non-hydrogen) atoms. The molecule has 1 aromatic carbocycles. The molecule has 3 rings (SSSR count). The number of nitrogens with zero attached hydrogens (tertiary/aromatic N) is 2. The molecule has 120 valence electrons. The summed E-state index contributed by atoms with van der Waals surface area (Å²) in [6.45, 7) is 0.124. The number of hydrogen-bond donors (Lipinski definition) is 1. The van der Waals surface area contributed by atoms with Crippen LogP contribution in [-0.2, 0) is 16.6 Å². The van der Waals surface area contributed by atoms with E-state index in [1.165, 1.54) is 24.3 Å². The number of rotatable bonds is 5. The Hall–Kier alpha value is -2.95. The van der Waals surface area contributed by atoms with Gasteiger partial charge in [0.15, 0.2) is 5.76 Å². The standard InChI is InChI=1S/C17H13N3O3S/c18-11-13-3-5-15(6-4-13)24(21,22)20-12-14-7-8-19-16(10-14)17-2-1-9-23-17/h1-10,20H,12H2. The molecule has 0 fully saturated rings. The summed E-state index contributed by atoms with van der Waals surface area (Å²) >= 11 is 0. The third kappa shape index (κ3) is 3.51. The first kappa shape index (κ1) is 15.9. The molecule has 0 aliphatic carbocycles. The highest BCUT2D eigenvalue weighted by atomic mass is 32.2. The Morgan fingerprint density at radius 3 is 2.62 bits per heavy atom. The number of nitriles is 1. The average Bonchev–Trinajstić information content (AvgIpc) is 3.15. The molecule has 0 aliphatic heterocycles. The Kier molecular flexibility index (Phi) is 4.42. The second kappa shape index (κ2) is 6.66. The molecule has 0 radical (unpaired) electrons. The minimum Gasteiger partial charge on any atom is -0.463 e. The van der Waals surface area contributed by atoms with Gasteiger partial charge in [-0.2, -0.15) is 5.26 Å². The lowest BCUT2D eigenvalue weighted by atomic mass is 10.2. The number of furan rings is 1. The Bertz CT molecular complexity index is 973. The van der Waals surface area contributed by atoms with E-state index in [4.69, 9.17) is 9.68 Å². The van der Waals surface area contributed by atoms with Gasteiger partial charge in [-0.15, -0.1) is 0 Å². The van der Waals surface area contributed by atoms with Crippen LogP contribution in [0.15, 0.2) is 70.3 Å². The molecule has 6 nitrogen and oxygen atoms in total. The molecule has 0 saturated heterocycles. The fourth-order valence-electron chi connectivity index (χ4n) is 2.11. The Morgan fingerprint density at radius 1 is 1.17 bits per heavy atom. The van der Waals surface area contributed by atoms with Gasteiger partial charge in [0.1, 0.15) is 5.69 Å². The highest BCUT2D eigenvalue weighted by Gasteiger charge is 2.14. The van der Waals surface area contributed by atoms with E-state index < -0.39 is 10.0 Å². The van der Waals surface area contributed by atoms with Gasteiger partial charge in [0, 0.05) is 12.7 Å². The van der Waals surface area contributed by atoms with Crippen molar-refractivity contribution in [1.29, 1.82) is 5.26 Å². The zero-order chi connectivity index (χ0) is 17.0. The minimum absolute atomic E-state index is 0.113. The monoisotopic (exact) mass is 339 g/mol. The first-order valence-electron chi connectivity index (χ1n) is 7.07. The molecule has 3 aromatic rings. The first-order chi connectivity index (χ1) is 11.6. The van der Waals surface area contributed by atoms with E-state index in [0.29, 0.717) is 17.0 Å². The van der Waals surface area contributed by atoms with Crippen LogP contribution < -0.4 is 4.72 Å². The number of pyridine rings is 1. The van der Waals surface area contributed by atoms with Gasteiger partial charge in [-0.25, -0.2) is 13.1 Å². The summed E-state index contributed by atoms with van der Waals surface area (Å²) in [6, 6.07) is 14.7. The van der Waals surface area contributed by atoms with Crippen LogP contribution in [0.1, 0.15) is 11.1 Å². The van der Waals surface area contributed by atoms with Gasteiger partial charge in [0.2, 0.25) is 10.0 Å². The van der Waals surface area contributed by atoms with Gasteiger partial charge in [-0.1, -0.05) is 0 Å². The summed E-state index contributed by atoms with van der Waals surface area (Å²) in [6.07, 6.45) is 3.15. The van der Waals surface area contributed by atoms with Crippen molar-refractivity contribution in [2.45, 2.75) is 11.4 Å². The number of hydrogen-bond acceptors (Lipinski definition) is 5. The lowest BCUT2D eigenvalue weighted by Gasteiger charge is -2.07. The maximum atomic E-state index is 12.3. The average molecular weight is 339 g/mol. The second-order valence-electron chi connectivity index (χ2n) is 4.99. The van der Waals surface area contributed by atoms with Crippen molar-refractivity contribution in [1.82, 2.24) is 9.71 Å². The molecule has 0 bridgehead atoms. The predicted octanol–water partition coefficient (Wildman–Crippen LogP) is 2.69. The molecule has 0 amide bonds. The van der Waals surface area contributed by atoms with Crippen LogP contribution in [-0.4, -0.2) is 13.4 Å². The Balaban J connectivity index is 1.75. The van der Waals surface area contributed by atoms with Gasteiger partial charge in [-0.05, 0) is 54.1 Å². The highest BCUT2D eigenvalue weighted by Crippen LogP contribution is 2.18. The molecule has 1 N–H and O–H groups in total. The largest absolute Gasteiger partial charge is 0.463 e. The normalized spacial score (nSPS) is 11.1. The van der Waals surface area contributed by atoms with E-state index in [9.17, 15) is 8.42 Å². The lowest BCUT2D eigenvalue weighted by molar-refractivity contribution is 0.579. The third-order valence-corrected chi connectivity index (χ3v) is 4.78. The van der Waals surface area contributed by atoms with Crippen molar-refractivity contribution in [2.24, 2.45) is 0 Å². The van der Waals surface area contributed by atoms with Crippen LogP contribution in [0.25, 0.3) is 11.5 Å². The highest BCUT2D eigenvalue weighted by molar-refractivity contribution is 7.89. The van der Waals surface area contributed by atoms with Gasteiger partial charge in [0.05, 0.1) is 22.8 Å². The maximum Gasteiger partial charge on any atom is 0.240 e. The molecule has 0 atom stereocenters. The van der Waals surface area contributed by atoms with Crippen LogP contribution in [0.3, 0.4) is 0 Å². The number of benzene rings is 1. The van der Waals surface area contributed by atoms with Crippen LogP contribution in [0.2, 0.25) is 0 Å². The summed E-state index contributed by atoms with van der Waals surface area (Å²) in [5.74, 6) is 0.617. The summed E-state index contributed by atoms with van der Waals surface area (Å²) in [7, 11) is -3.65. The van der Waals surface area contributed by atoms with Crippen LogP contribution in [0.4, 0.5) is 0 Å². The third-order valence-electron chi connectivity index (χ3n) is 3.36. The van der Waals surface area contributed by atoms with E-state index in [0.717, 1.165) is 5.56 Å². The summed E-state index contributed by atoms with van der Waals surface area (Å²) in [5, 5.41) is 8.76. The van der Waals surface area contributed by atoms with E-state index in [-0.39, 0.29) is 11.4 Å². The van der Waals surface area contributed by atoms with E-state index >= 15 is 0 Å². The van der Waals surface area contributed by atoms with Gasteiger partial charge in [0.25, 0.3) is 0 Å². The number of nitrogens with one attached hydrogen (secondary N) is 1. The maximum absolute atomic E-state index is 12.3. The topological polar surface area (TPSA) is 96.0 Å². The fourth-order valence-corrected chi connectivity index (χ4v) is 3.13. The summed E-state index contributed by atoms with van der Waals surface area (Å²) in [5.41, 5.74) is 1.80. The Morgan fingerprint density at radius 2 is 1.96 bits per heavy atom. The molecule has 7 heteroatoms. The van der Waals surface area contributed by atoms with Crippen molar-refractivity contribution in [3.63, 3.8) is 0 Å². The smallest absolute Gasteiger partial charge is 0.240 e. The summed E-state index contributed by atoms with van der Waals surface area (Å²) < 4.78 is 32.4. The van der Waals surface area contributed by atoms with Crippen molar-refractivity contribution < 1.29 is 12.8 Å². The SMILES string of the molecule is N#Cc1ccc(S(=O)(=O)NCc2ccnc(-c3ccco3)c2)cc1. The van der Waals surface area contributed by atoms with Crippen LogP contribution in [0.5, 0.6) is 0 Å². The van der Waals surface area contributed by atoms with Crippen molar-refractivity contribution in [2.75, 3.05) is 0 Å². The lowest BCUT2D eigenvalue weighted by Crippen LogP contribution is -2.23. The quantitative estimate of drug-likeness (QED) is 0.771. The van der Waals surface area contributed by atoms with Gasteiger partial charge < -0.3 is 4.42 Å². The fraction of sp³-hybridized carbons (Fsp3) is 0.0588. The summed E-state index contributed by atoms with van der Waals surface area (Å²) in [4.78, 5) is 4.31. The van der Waals surface area contributed by atoms with E-state index in [1.54, 1.807) is 36.7 Å². The molecule has 0 aliphatic rings. The molecule has 0 unspecified atom stereocenters.